The zero-order chi connectivity index (χ0) is 12.5. The summed E-state index contributed by atoms with van der Waals surface area (Å²) < 4.78 is 5.41. The zero-order valence-corrected chi connectivity index (χ0v) is 10.3. The van der Waals surface area contributed by atoms with Crippen molar-refractivity contribution in [1.82, 2.24) is 10.3 Å². The van der Waals surface area contributed by atoms with E-state index in [0.717, 1.165) is 25.0 Å². The lowest BCUT2D eigenvalue weighted by Gasteiger charge is -2.22. The van der Waals surface area contributed by atoms with E-state index in [1.165, 1.54) is 0 Å². The molecule has 1 atom stereocenters. The van der Waals surface area contributed by atoms with Crippen LogP contribution in [-0.4, -0.2) is 16.4 Å². The molecule has 0 bridgehead atoms. The smallest absolute Gasteiger partial charge is 0.240 e. The van der Waals surface area contributed by atoms with Crippen molar-refractivity contribution in [1.29, 1.82) is 0 Å². The Kier molecular flexibility index (Phi) is 3.19. The zero-order valence-electron chi connectivity index (χ0n) is 10.3. The minimum absolute atomic E-state index is 0.128. The number of nitrogens with two attached hydrogens (primary N) is 1. The lowest BCUT2D eigenvalue weighted by molar-refractivity contribution is -0.126. The van der Waals surface area contributed by atoms with E-state index in [0.29, 0.717) is 18.4 Å². The molecule has 1 unspecified atom stereocenters. The molecule has 1 aliphatic carbocycles. The molecule has 0 aromatic carbocycles. The molecule has 1 aliphatic rings. The Bertz CT molecular complexity index is 408. The maximum absolute atomic E-state index is 11.9. The highest BCUT2D eigenvalue weighted by molar-refractivity contribution is 5.86. The molecule has 0 aliphatic heterocycles. The van der Waals surface area contributed by atoms with Gasteiger partial charge in [-0.25, -0.2) is 4.98 Å². The highest BCUT2D eigenvalue weighted by atomic mass is 16.4. The topological polar surface area (TPSA) is 81.2 Å². The number of rotatable bonds is 5. The van der Waals surface area contributed by atoms with Crippen LogP contribution in [-0.2, 0) is 17.8 Å². The van der Waals surface area contributed by atoms with Crippen LogP contribution >= 0.6 is 0 Å². The van der Waals surface area contributed by atoms with Crippen LogP contribution < -0.4 is 11.1 Å². The number of oxazole rings is 1. The largest absolute Gasteiger partial charge is 0.444 e. The van der Waals surface area contributed by atoms with Crippen LogP contribution in [0.25, 0.3) is 0 Å². The van der Waals surface area contributed by atoms with E-state index in [9.17, 15) is 4.79 Å². The van der Waals surface area contributed by atoms with Crippen molar-refractivity contribution in [2.45, 2.75) is 45.2 Å². The van der Waals surface area contributed by atoms with Gasteiger partial charge < -0.3 is 15.5 Å². The maximum atomic E-state index is 11.9. The summed E-state index contributed by atoms with van der Waals surface area (Å²) in [6.45, 7) is 4.08. The summed E-state index contributed by atoms with van der Waals surface area (Å²) in [7, 11) is 0. The predicted molar refractivity (Wildman–Crippen MR) is 63.0 cm³/mol. The van der Waals surface area contributed by atoms with Gasteiger partial charge in [0.15, 0.2) is 0 Å². The van der Waals surface area contributed by atoms with Crippen molar-refractivity contribution in [3.8, 4) is 0 Å². The van der Waals surface area contributed by atoms with Gasteiger partial charge in [0.1, 0.15) is 5.76 Å². The second kappa shape index (κ2) is 4.49. The van der Waals surface area contributed by atoms with Crippen LogP contribution in [0, 0.1) is 5.92 Å². The van der Waals surface area contributed by atoms with Gasteiger partial charge in [0.05, 0.1) is 18.3 Å². The Hall–Kier alpha value is -1.36. The van der Waals surface area contributed by atoms with Crippen molar-refractivity contribution in [3.63, 3.8) is 0 Å². The molecule has 1 heterocycles. The van der Waals surface area contributed by atoms with Gasteiger partial charge in [0.25, 0.3) is 0 Å². The number of aryl methyl sites for hydroxylation is 1. The van der Waals surface area contributed by atoms with E-state index in [2.05, 4.69) is 10.3 Å². The van der Waals surface area contributed by atoms with Crippen LogP contribution in [0.5, 0.6) is 0 Å². The standard InChI is InChI=1S/C12H19N3O2/c1-3-9-6-14-10(17-9)7-15-11(16)12(2,13)8-4-5-8/h6,8H,3-5,7,13H2,1-2H3,(H,15,16). The second-order valence-corrected chi connectivity index (χ2v) is 4.81. The third-order valence-corrected chi connectivity index (χ3v) is 3.26. The molecule has 0 spiro atoms. The summed E-state index contributed by atoms with van der Waals surface area (Å²) in [5, 5.41) is 2.78. The van der Waals surface area contributed by atoms with Crippen molar-refractivity contribution < 1.29 is 9.21 Å². The number of amides is 1. The normalized spacial score (nSPS) is 18.8. The van der Waals surface area contributed by atoms with Gasteiger partial charge >= 0.3 is 0 Å². The third kappa shape index (κ3) is 2.66. The Morgan fingerprint density at radius 2 is 2.41 bits per heavy atom. The molecule has 2 rings (SSSR count). The van der Waals surface area contributed by atoms with Crippen LogP contribution in [0.4, 0.5) is 0 Å². The number of nitrogens with one attached hydrogen (secondary N) is 1. The summed E-state index contributed by atoms with van der Waals surface area (Å²) in [5.74, 6) is 1.54. The molecule has 17 heavy (non-hydrogen) atoms. The van der Waals surface area contributed by atoms with Gasteiger partial charge in [-0.05, 0) is 25.7 Å². The summed E-state index contributed by atoms with van der Waals surface area (Å²) >= 11 is 0. The lowest BCUT2D eigenvalue weighted by Crippen LogP contribution is -2.53. The van der Waals surface area contributed by atoms with E-state index in [1.807, 2.05) is 6.92 Å². The number of hydrogen-bond acceptors (Lipinski definition) is 4. The minimum atomic E-state index is -0.764. The second-order valence-electron chi connectivity index (χ2n) is 4.81. The molecule has 3 N–H and O–H groups in total. The molecule has 1 aromatic rings. The fourth-order valence-electron chi connectivity index (χ4n) is 1.81. The first-order valence-corrected chi connectivity index (χ1v) is 6.04. The minimum Gasteiger partial charge on any atom is -0.444 e. The molecule has 0 radical (unpaired) electrons. The Morgan fingerprint density at radius 3 is 2.94 bits per heavy atom. The Morgan fingerprint density at radius 1 is 1.71 bits per heavy atom. The summed E-state index contributed by atoms with van der Waals surface area (Å²) in [6, 6.07) is 0. The van der Waals surface area contributed by atoms with Crippen molar-refractivity contribution in [2.24, 2.45) is 11.7 Å². The maximum Gasteiger partial charge on any atom is 0.240 e. The first kappa shape index (κ1) is 12.1. The molecule has 1 fully saturated rings. The first-order valence-electron chi connectivity index (χ1n) is 6.04. The molecule has 5 heteroatoms. The van der Waals surface area contributed by atoms with Crippen LogP contribution in [0.3, 0.4) is 0 Å². The molecule has 1 saturated carbocycles. The highest BCUT2D eigenvalue weighted by Crippen LogP contribution is 2.38. The summed E-state index contributed by atoms with van der Waals surface area (Å²) in [5.41, 5.74) is 5.23. The van der Waals surface area contributed by atoms with E-state index >= 15 is 0 Å². The molecule has 5 nitrogen and oxygen atoms in total. The molecular weight excluding hydrogens is 218 g/mol. The van der Waals surface area contributed by atoms with Gasteiger partial charge in [0.2, 0.25) is 11.8 Å². The number of carbonyl (C=O) groups excluding carboxylic acids is 1. The van der Waals surface area contributed by atoms with Crippen LogP contribution in [0.2, 0.25) is 0 Å². The number of hydrogen-bond donors (Lipinski definition) is 2. The van der Waals surface area contributed by atoms with Crippen LogP contribution in [0.1, 0.15) is 38.3 Å². The van der Waals surface area contributed by atoms with E-state index < -0.39 is 5.54 Å². The van der Waals surface area contributed by atoms with Crippen LogP contribution in [0.15, 0.2) is 10.6 Å². The van der Waals surface area contributed by atoms with E-state index in [1.54, 1.807) is 13.1 Å². The van der Waals surface area contributed by atoms with Gasteiger partial charge in [0, 0.05) is 6.42 Å². The number of carbonyl (C=O) groups is 1. The number of aromatic nitrogens is 1. The van der Waals surface area contributed by atoms with Crippen molar-refractivity contribution in [2.75, 3.05) is 0 Å². The van der Waals surface area contributed by atoms with Gasteiger partial charge in [-0.2, -0.15) is 0 Å². The Labute approximate surface area is 101 Å². The average Bonchev–Trinajstić information content (AvgIpc) is 3.07. The third-order valence-electron chi connectivity index (χ3n) is 3.26. The summed E-state index contributed by atoms with van der Waals surface area (Å²) in [6.07, 6.45) is 4.57. The van der Waals surface area contributed by atoms with Gasteiger partial charge in [-0.3, -0.25) is 4.79 Å². The monoisotopic (exact) mass is 237 g/mol. The molecule has 1 amide bonds. The Balaban J connectivity index is 1.87. The van der Waals surface area contributed by atoms with Crippen molar-refractivity contribution in [3.05, 3.63) is 17.8 Å². The quantitative estimate of drug-likeness (QED) is 0.800. The molecular formula is C12H19N3O2. The van der Waals surface area contributed by atoms with E-state index in [4.69, 9.17) is 10.2 Å². The SMILES string of the molecule is CCc1cnc(CNC(=O)C(C)(N)C2CC2)o1. The van der Waals surface area contributed by atoms with Gasteiger partial charge in [-0.1, -0.05) is 6.92 Å². The fraction of sp³-hybridized carbons (Fsp3) is 0.667. The molecule has 1 aromatic heterocycles. The van der Waals surface area contributed by atoms with Gasteiger partial charge in [-0.15, -0.1) is 0 Å². The molecule has 94 valence electrons. The predicted octanol–water partition coefficient (Wildman–Crippen LogP) is 0.981. The lowest BCUT2D eigenvalue weighted by atomic mass is 9.96. The first-order chi connectivity index (χ1) is 8.04. The average molecular weight is 237 g/mol. The van der Waals surface area contributed by atoms with Crippen molar-refractivity contribution >= 4 is 5.91 Å². The van der Waals surface area contributed by atoms with E-state index in [-0.39, 0.29) is 5.91 Å². The fourth-order valence-corrected chi connectivity index (χ4v) is 1.81. The number of nitrogens with zero attached hydrogens (tertiary/aromatic N) is 1. The molecule has 0 saturated heterocycles. The summed E-state index contributed by atoms with van der Waals surface area (Å²) in [4.78, 5) is 16.0. The highest BCUT2D eigenvalue weighted by Gasteiger charge is 2.43.